The van der Waals surface area contributed by atoms with Crippen LogP contribution >= 0.6 is 11.6 Å². The first-order valence-electron chi connectivity index (χ1n) is 5.27. The first kappa shape index (κ1) is 11.0. The van der Waals surface area contributed by atoms with Crippen molar-refractivity contribution in [3.8, 4) is 11.4 Å². The van der Waals surface area contributed by atoms with Gasteiger partial charge in [0.1, 0.15) is 23.9 Å². The molecular formula is C12H9ClN4O. The predicted molar refractivity (Wildman–Crippen MR) is 68.2 cm³/mol. The van der Waals surface area contributed by atoms with Crippen molar-refractivity contribution in [1.29, 1.82) is 0 Å². The summed E-state index contributed by atoms with van der Waals surface area (Å²) in [5.74, 6) is 0.766. The molecule has 0 fully saturated rings. The minimum atomic E-state index is 0.375. The van der Waals surface area contributed by atoms with Gasteiger partial charge in [-0.15, -0.1) is 0 Å². The molecule has 6 heteroatoms. The van der Waals surface area contributed by atoms with E-state index >= 15 is 0 Å². The van der Waals surface area contributed by atoms with E-state index in [0.717, 1.165) is 11.4 Å². The molecular weight excluding hydrogens is 252 g/mol. The lowest BCUT2D eigenvalue weighted by Crippen LogP contribution is -1.94. The second-order valence-corrected chi connectivity index (χ2v) is 4.01. The second-order valence-electron chi connectivity index (χ2n) is 3.65. The fraction of sp³-hybridized carbons (Fsp3) is 0.0833. The first-order chi connectivity index (χ1) is 8.79. The zero-order chi connectivity index (χ0) is 12.5. The SMILES string of the molecule is COc1cccc(-n2cnc3ncnc(Cl)c32)c1. The largest absolute Gasteiger partial charge is 0.497 e. The molecule has 0 aliphatic rings. The van der Waals surface area contributed by atoms with Crippen LogP contribution in [0.15, 0.2) is 36.9 Å². The summed E-state index contributed by atoms with van der Waals surface area (Å²) in [6.07, 6.45) is 3.06. The van der Waals surface area contributed by atoms with Crippen LogP contribution in [0.4, 0.5) is 0 Å². The Kier molecular flexibility index (Phi) is 2.60. The van der Waals surface area contributed by atoms with E-state index in [4.69, 9.17) is 16.3 Å². The number of benzene rings is 1. The Hall–Kier alpha value is -2.14. The number of aromatic nitrogens is 4. The molecule has 0 saturated heterocycles. The molecule has 2 heterocycles. The van der Waals surface area contributed by atoms with Gasteiger partial charge < -0.3 is 4.74 Å². The van der Waals surface area contributed by atoms with Crippen LogP contribution in [-0.2, 0) is 0 Å². The molecule has 5 nitrogen and oxygen atoms in total. The Bertz CT molecular complexity index is 710. The summed E-state index contributed by atoms with van der Waals surface area (Å²) in [5.41, 5.74) is 2.15. The van der Waals surface area contributed by atoms with Crippen LogP contribution in [0.1, 0.15) is 0 Å². The third-order valence-corrected chi connectivity index (χ3v) is 2.90. The van der Waals surface area contributed by atoms with Crippen LogP contribution in [0.3, 0.4) is 0 Å². The summed E-state index contributed by atoms with van der Waals surface area (Å²) in [7, 11) is 1.63. The molecule has 0 radical (unpaired) electrons. The molecule has 0 aliphatic carbocycles. The third-order valence-electron chi connectivity index (χ3n) is 2.63. The molecule has 0 spiro atoms. The summed E-state index contributed by atoms with van der Waals surface area (Å²) in [4.78, 5) is 12.2. The van der Waals surface area contributed by atoms with Crippen LogP contribution in [0.25, 0.3) is 16.9 Å². The van der Waals surface area contributed by atoms with E-state index in [1.54, 1.807) is 13.4 Å². The lowest BCUT2D eigenvalue weighted by molar-refractivity contribution is 0.414. The smallest absolute Gasteiger partial charge is 0.182 e. The maximum Gasteiger partial charge on any atom is 0.182 e. The number of imidazole rings is 1. The third kappa shape index (κ3) is 1.69. The number of methoxy groups -OCH3 is 1. The Morgan fingerprint density at radius 2 is 2.11 bits per heavy atom. The van der Waals surface area contributed by atoms with Crippen LogP contribution in [0, 0.1) is 0 Å². The zero-order valence-electron chi connectivity index (χ0n) is 9.54. The van der Waals surface area contributed by atoms with E-state index in [2.05, 4.69) is 15.0 Å². The average molecular weight is 261 g/mol. The highest BCUT2D eigenvalue weighted by Gasteiger charge is 2.10. The quantitative estimate of drug-likeness (QED) is 0.664. The highest BCUT2D eigenvalue weighted by atomic mass is 35.5. The van der Waals surface area contributed by atoms with Gasteiger partial charge in [0.25, 0.3) is 0 Å². The molecule has 0 atom stereocenters. The highest BCUT2D eigenvalue weighted by molar-refractivity contribution is 6.33. The monoisotopic (exact) mass is 260 g/mol. The lowest BCUT2D eigenvalue weighted by atomic mass is 10.3. The molecule has 0 unspecified atom stereocenters. The lowest BCUT2D eigenvalue weighted by Gasteiger charge is -2.06. The molecule has 0 aliphatic heterocycles. The first-order valence-corrected chi connectivity index (χ1v) is 5.65. The molecule has 3 rings (SSSR count). The number of rotatable bonds is 2. The maximum absolute atomic E-state index is 6.08. The number of hydrogen-bond acceptors (Lipinski definition) is 4. The van der Waals surface area contributed by atoms with Gasteiger partial charge in [0.15, 0.2) is 10.8 Å². The summed E-state index contributed by atoms with van der Waals surface area (Å²) in [5, 5.41) is 0.375. The van der Waals surface area contributed by atoms with Crippen molar-refractivity contribution in [2.75, 3.05) is 7.11 Å². The number of fused-ring (bicyclic) bond motifs is 1. The summed E-state index contributed by atoms with van der Waals surface area (Å²) < 4.78 is 7.03. The van der Waals surface area contributed by atoms with Crippen LogP contribution in [-0.4, -0.2) is 26.6 Å². The van der Waals surface area contributed by atoms with Crippen molar-refractivity contribution < 1.29 is 4.74 Å². The van der Waals surface area contributed by atoms with Crippen LogP contribution in [0.5, 0.6) is 5.75 Å². The van der Waals surface area contributed by atoms with Crippen molar-refractivity contribution in [2.24, 2.45) is 0 Å². The van der Waals surface area contributed by atoms with Crippen LogP contribution < -0.4 is 4.74 Å². The Morgan fingerprint density at radius 1 is 1.22 bits per heavy atom. The number of hydrogen-bond donors (Lipinski definition) is 0. The number of ether oxygens (including phenoxy) is 1. The summed E-state index contributed by atoms with van der Waals surface area (Å²) in [6.45, 7) is 0. The molecule has 1 aromatic carbocycles. The Balaban J connectivity index is 2.25. The van der Waals surface area contributed by atoms with Gasteiger partial charge >= 0.3 is 0 Å². The van der Waals surface area contributed by atoms with E-state index in [1.165, 1.54) is 6.33 Å². The predicted octanol–water partition coefficient (Wildman–Crippen LogP) is 2.48. The fourth-order valence-corrected chi connectivity index (χ4v) is 2.00. The van der Waals surface area contributed by atoms with Crippen molar-refractivity contribution in [2.45, 2.75) is 0 Å². The molecule has 0 bridgehead atoms. The minimum Gasteiger partial charge on any atom is -0.497 e. The number of halogens is 1. The molecule has 90 valence electrons. The van der Waals surface area contributed by atoms with Gasteiger partial charge in [-0.25, -0.2) is 15.0 Å². The van der Waals surface area contributed by atoms with Gasteiger partial charge in [-0.2, -0.15) is 0 Å². The zero-order valence-corrected chi connectivity index (χ0v) is 10.3. The minimum absolute atomic E-state index is 0.375. The Labute approximate surface area is 108 Å². The van der Waals surface area contributed by atoms with E-state index in [-0.39, 0.29) is 0 Å². The molecule has 2 aromatic heterocycles. The fourth-order valence-electron chi connectivity index (χ4n) is 1.78. The molecule has 18 heavy (non-hydrogen) atoms. The van der Waals surface area contributed by atoms with Gasteiger partial charge in [-0.05, 0) is 12.1 Å². The van der Waals surface area contributed by atoms with Crippen molar-refractivity contribution in [1.82, 2.24) is 19.5 Å². The highest BCUT2D eigenvalue weighted by Crippen LogP contribution is 2.24. The van der Waals surface area contributed by atoms with E-state index < -0.39 is 0 Å². The normalized spacial score (nSPS) is 10.8. The van der Waals surface area contributed by atoms with Crippen LogP contribution in [0.2, 0.25) is 5.15 Å². The van der Waals surface area contributed by atoms with Crippen molar-refractivity contribution in [3.05, 3.63) is 42.1 Å². The maximum atomic E-state index is 6.08. The van der Waals surface area contributed by atoms with Gasteiger partial charge in [-0.3, -0.25) is 4.57 Å². The summed E-state index contributed by atoms with van der Waals surface area (Å²) in [6, 6.07) is 7.61. The molecule has 0 amide bonds. The van der Waals surface area contributed by atoms with Gasteiger partial charge in [0.05, 0.1) is 12.8 Å². The van der Waals surface area contributed by atoms with E-state index in [9.17, 15) is 0 Å². The summed E-state index contributed by atoms with van der Waals surface area (Å²) >= 11 is 6.08. The van der Waals surface area contributed by atoms with Crippen molar-refractivity contribution >= 4 is 22.8 Å². The molecule has 0 N–H and O–H groups in total. The van der Waals surface area contributed by atoms with Crippen molar-refractivity contribution in [3.63, 3.8) is 0 Å². The standard InChI is InChI=1S/C12H9ClN4O/c1-18-9-4-2-3-8(5-9)17-7-16-12-10(17)11(13)14-6-15-12/h2-7H,1H3. The van der Waals surface area contributed by atoms with Gasteiger partial charge in [0.2, 0.25) is 0 Å². The van der Waals surface area contributed by atoms with E-state index in [1.807, 2.05) is 28.8 Å². The van der Waals surface area contributed by atoms with E-state index in [0.29, 0.717) is 16.3 Å². The van der Waals surface area contributed by atoms with Gasteiger partial charge in [-0.1, -0.05) is 17.7 Å². The van der Waals surface area contributed by atoms with Gasteiger partial charge in [0, 0.05) is 6.07 Å². The molecule has 0 saturated carbocycles. The second kappa shape index (κ2) is 4.27. The Morgan fingerprint density at radius 3 is 2.94 bits per heavy atom. The topological polar surface area (TPSA) is 52.8 Å². The molecule has 3 aromatic rings. The number of nitrogens with zero attached hydrogens (tertiary/aromatic N) is 4. The average Bonchev–Trinajstić information content (AvgIpc) is 2.84.